The van der Waals surface area contributed by atoms with Gasteiger partial charge in [-0.3, -0.25) is 9.36 Å². The SMILES string of the molecule is O=C1N[C@@H](c2ccccc2O)Nc2c1sc(=S)n2-c1ccccc1. The predicted molar refractivity (Wildman–Crippen MR) is 96.4 cm³/mol. The van der Waals surface area contributed by atoms with Crippen molar-refractivity contribution in [1.82, 2.24) is 9.88 Å². The van der Waals surface area contributed by atoms with Crippen LogP contribution in [0.3, 0.4) is 0 Å². The van der Waals surface area contributed by atoms with E-state index >= 15 is 0 Å². The Kier molecular flexibility index (Phi) is 3.59. The lowest BCUT2D eigenvalue weighted by Crippen LogP contribution is -2.38. The van der Waals surface area contributed by atoms with E-state index in [2.05, 4.69) is 10.6 Å². The number of hydrogen-bond acceptors (Lipinski definition) is 5. The van der Waals surface area contributed by atoms with Gasteiger partial charge in [-0.25, -0.2) is 0 Å². The normalized spacial score (nSPS) is 16.2. The van der Waals surface area contributed by atoms with Crippen molar-refractivity contribution in [3.8, 4) is 11.4 Å². The monoisotopic (exact) mass is 355 g/mol. The Morgan fingerprint density at radius 2 is 1.75 bits per heavy atom. The second-order valence-electron chi connectivity index (χ2n) is 5.33. The largest absolute Gasteiger partial charge is 0.508 e. The van der Waals surface area contributed by atoms with Crippen molar-refractivity contribution in [3.05, 3.63) is 69.0 Å². The molecule has 7 heteroatoms. The fourth-order valence-corrected chi connectivity index (χ4v) is 4.03. The summed E-state index contributed by atoms with van der Waals surface area (Å²) in [6, 6.07) is 16.6. The lowest BCUT2D eigenvalue weighted by molar-refractivity contribution is 0.0939. The van der Waals surface area contributed by atoms with Crippen LogP contribution in [-0.4, -0.2) is 15.6 Å². The first-order chi connectivity index (χ1) is 11.6. The molecule has 1 atom stereocenters. The highest BCUT2D eigenvalue weighted by Gasteiger charge is 2.30. The van der Waals surface area contributed by atoms with Gasteiger partial charge in [0.1, 0.15) is 22.6 Å². The second-order valence-corrected chi connectivity index (χ2v) is 6.97. The zero-order chi connectivity index (χ0) is 16.7. The molecule has 1 aliphatic heterocycles. The van der Waals surface area contributed by atoms with Crippen molar-refractivity contribution in [2.24, 2.45) is 0 Å². The number of amides is 1. The van der Waals surface area contributed by atoms with Gasteiger partial charge in [0.2, 0.25) is 0 Å². The summed E-state index contributed by atoms with van der Waals surface area (Å²) in [6.45, 7) is 0. The van der Waals surface area contributed by atoms with Crippen molar-refractivity contribution in [2.45, 2.75) is 6.17 Å². The number of phenols is 1. The summed E-state index contributed by atoms with van der Waals surface area (Å²) >= 11 is 6.71. The van der Waals surface area contributed by atoms with E-state index in [1.807, 2.05) is 41.0 Å². The minimum absolute atomic E-state index is 0.124. The molecule has 3 N–H and O–H groups in total. The smallest absolute Gasteiger partial charge is 0.267 e. The number of para-hydroxylation sites is 2. The summed E-state index contributed by atoms with van der Waals surface area (Å²) in [5.74, 6) is 0.565. The highest BCUT2D eigenvalue weighted by molar-refractivity contribution is 7.73. The van der Waals surface area contributed by atoms with Gasteiger partial charge >= 0.3 is 0 Å². The van der Waals surface area contributed by atoms with Gasteiger partial charge in [0.15, 0.2) is 3.95 Å². The van der Waals surface area contributed by atoms with Crippen LogP contribution in [0.25, 0.3) is 5.69 Å². The Hall–Kier alpha value is -2.64. The number of aromatic hydroxyl groups is 1. The third kappa shape index (κ3) is 2.38. The number of carbonyl (C=O) groups is 1. The van der Waals surface area contributed by atoms with Crippen LogP contribution in [0.5, 0.6) is 5.75 Å². The third-order valence-corrected chi connectivity index (χ3v) is 5.21. The molecule has 2 heterocycles. The van der Waals surface area contributed by atoms with E-state index in [-0.39, 0.29) is 11.7 Å². The summed E-state index contributed by atoms with van der Waals surface area (Å²) in [7, 11) is 0. The number of nitrogens with one attached hydrogen (secondary N) is 2. The topological polar surface area (TPSA) is 66.3 Å². The van der Waals surface area contributed by atoms with E-state index in [4.69, 9.17) is 12.2 Å². The second kappa shape index (κ2) is 5.77. The average Bonchev–Trinajstić information content (AvgIpc) is 2.93. The highest BCUT2D eigenvalue weighted by atomic mass is 32.1. The summed E-state index contributed by atoms with van der Waals surface area (Å²) in [4.78, 5) is 13.0. The van der Waals surface area contributed by atoms with Crippen molar-refractivity contribution >= 4 is 35.3 Å². The molecule has 1 amide bonds. The number of aromatic nitrogens is 1. The van der Waals surface area contributed by atoms with Crippen LogP contribution in [0.4, 0.5) is 5.82 Å². The number of hydrogen-bond donors (Lipinski definition) is 3. The standard InChI is InChI=1S/C17H13N3O2S2/c21-12-9-5-4-8-11(12)14-18-15-13(16(22)19-14)24-17(23)20(15)10-6-2-1-3-7-10/h1-9,14,18,21H,(H,19,22)/t14-/m0/s1. The maximum Gasteiger partial charge on any atom is 0.267 e. The molecule has 4 rings (SSSR count). The fourth-order valence-electron chi connectivity index (χ4n) is 2.73. The Labute approximate surface area is 147 Å². The Bertz CT molecular complexity index is 979. The van der Waals surface area contributed by atoms with E-state index in [1.54, 1.807) is 18.2 Å². The van der Waals surface area contributed by atoms with Crippen LogP contribution < -0.4 is 10.6 Å². The molecule has 0 radical (unpaired) electrons. The van der Waals surface area contributed by atoms with Crippen LogP contribution in [0.15, 0.2) is 54.6 Å². The molecular weight excluding hydrogens is 342 g/mol. The molecule has 120 valence electrons. The molecule has 0 aliphatic carbocycles. The van der Waals surface area contributed by atoms with Gasteiger partial charge < -0.3 is 15.7 Å². The molecule has 24 heavy (non-hydrogen) atoms. The number of thiazole rings is 1. The van der Waals surface area contributed by atoms with E-state index in [0.29, 0.717) is 20.2 Å². The molecule has 0 saturated carbocycles. The fraction of sp³-hybridized carbons (Fsp3) is 0.0588. The first kappa shape index (κ1) is 14.9. The van der Waals surface area contributed by atoms with E-state index in [9.17, 15) is 9.90 Å². The van der Waals surface area contributed by atoms with Crippen LogP contribution in [0.1, 0.15) is 21.4 Å². The Morgan fingerprint density at radius 1 is 1.04 bits per heavy atom. The first-order valence-electron chi connectivity index (χ1n) is 7.31. The van der Waals surface area contributed by atoms with Gasteiger partial charge in [0, 0.05) is 11.3 Å². The van der Waals surface area contributed by atoms with E-state index in [0.717, 1.165) is 5.69 Å². The quantitative estimate of drug-likeness (QED) is 0.611. The molecule has 0 saturated heterocycles. The summed E-state index contributed by atoms with van der Waals surface area (Å²) < 4.78 is 2.44. The van der Waals surface area contributed by atoms with E-state index in [1.165, 1.54) is 11.3 Å². The number of anilines is 1. The van der Waals surface area contributed by atoms with Crippen molar-refractivity contribution in [3.63, 3.8) is 0 Å². The van der Waals surface area contributed by atoms with Crippen LogP contribution in [0, 0.1) is 3.95 Å². The minimum atomic E-state index is -0.523. The molecule has 0 bridgehead atoms. The van der Waals surface area contributed by atoms with Crippen molar-refractivity contribution < 1.29 is 9.90 Å². The molecular formula is C17H13N3O2S2. The molecule has 1 aliphatic rings. The molecule has 1 aromatic heterocycles. The summed E-state index contributed by atoms with van der Waals surface area (Å²) in [6.07, 6.45) is -0.523. The molecule has 2 aromatic carbocycles. The van der Waals surface area contributed by atoms with Gasteiger partial charge in [0.05, 0.1) is 0 Å². The molecule has 0 fully saturated rings. The minimum Gasteiger partial charge on any atom is -0.508 e. The molecule has 0 spiro atoms. The molecule has 3 aromatic rings. The third-order valence-electron chi connectivity index (χ3n) is 3.84. The number of benzene rings is 2. The number of phenolic OH excluding ortho intramolecular Hbond substituents is 1. The first-order valence-corrected chi connectivity index (χ1v) is 8.54. The van der Waals surface area contributed by atoms with Gasteiger partial charge in [-0.1, -0.05) is 47.7 Å². The Balaban J connectivity index is 1.84. The van der Waals surface area contributed by atoms with Gasteiger partial charge in [-0.15, -0.1) is 0 Å². The lowest BCUT2D eigenvalue weighted by Gasteiger charge is -2.27. The number of nitrogens with zero attached hydrogens (tertiary/aromatic N) is 1. The van der Waals surface area contributed by atoms with Crippen LogP contribution in [-0.2, 0) is 0 Å². The predicted octanol–water partition coefficient (Wildman–Crippen LogP) is 3.83. The summed E-state index contributed by atoms with van der Waals surface area (Å²) in [5, 5.41) is 16.2. The zero-order valence-corrected chi connectivity index (χ0v) is 14.0. The van der Waals surface area contributed by atoms with Gasteiger partial charge in [-0.2, -0.15) is 0 Å². The van der Waals surface area contributed by atoms with E-state index < -0.39 is 6.17 Å². The average molecular weight is 355 g/mol. The van der Waals surface area contributed by atoms with Crippen LogP contribution in [0.2, 0.25) is 0 Å². The number of rotatable bonds is 2. The van der Waals surface area contributed by atoms with Gasteiger partial charge in [0.25, 0.3) is 5.91 Å². The molecule has 5 nitrogen and oxygen atoms in total. The van der Waals surface area contributed by atoms with Gasteiger partial charge in [-0.05, 0) is 30.4 Å². The highest BCUT2D eigenvalue weighted by Crippen LogP contribution is 2.35. The lowest BCUT2D eigenvalue weighted by atomic mass is 10.1. The Morgan fingerprint density at radius 3 is 2.50 bits per heavy atom. The number of fused-ring (bicyclic) bond motifs is 1. The zero-order valence-electron chi connectivity index (χ0n) is 12.4. The van der Waals surface area contributed by atoms with Crippen molar-refractivity contribution in [2.75, 3.05) is 5.32 Å². The van der Waals surface area contributed by atoms with Crippen LogP contribution >= 0.6 is 23.6 Å². The number of carbonyl (C=O) groups excluding carboxylic acids is 1. The van der Waals surface area contributed by atoms with Crippen molar-refractivity contribution in [1.29, 1.82) is 0 Å². The maximum absolute atomic E-state index is 12.5. The summed E-state index contributed by atoms with van der Waals surface area (Å²) in [5.41, 5.74) is 1.49. The maximum atomic E-state index is 12.5. The molecule has 0 unspecified atom stereocenters.